The van der Waals surface area contributed by atoms with Crippen LogP contribution in [0.5, 0.6) is 0 Å². The van der Waals surface area contributed by atoms with E-state index in [4.69, 9.17) is 32.9 Å². The number of carboxylic acid groups (broad SMARTS) is 1. The van der Waals surface area contributed by atoms with Gasteiger partial charge in [0.25, 0.3) is 5.56 Å². The Hall–Kier alpha value is -3.40. The van der Waals surface area contributed by atoms with Crippen LogP contribution in [0.15, 0.2) is 58.1 Å². The summed E-state index contributed by atoms with van der Waals surface area (Å²) < 4.78 is 9.20. The van der Waals surface area contributed by atoms with Gasteiger partial charge in [-0.25, -0.2) is 14.3 Å². The summed E-state index contributed by atoms with van der Waals surface area (Å²) in [7, 11) is 0. The van der Waals surface area contributed by atoms with Crippen LogP contribution in [0, 0.1) is 5.92 Å². The number of aliphatic carboxylic acids is 1. The number of nitrogens with zero attached hydrogens (tertiary/aromatic N) is 4. The molecule has 0 aliphatic carbocycles. The summed E-state index contributed by atoms with van der Waals surface area (Å²) in [5.41, 5.74) is -0.0935. The van der Waals surface area contributed by atoms with E-state index in [1.165, 1.54) is 4.57 Å². The molecular formula is C25H22Cl2N4O5. The van der Waals surface area contributed by atoms with E-state index in [2.05, 4.69) is 0 Å². The number of benzene rings is 2. The summed E-state index contributed by atoms with van der Waals surface area (Å²) in [4.78, 5) is 43.5. The van der Waals surface area contributed by atoms with Crippen molar-refractivity contribution in [3.05, 3.63) is 79.4 Å². The van der Waals surface area contributed by atoms with Crippen molar-refractivity contribution < 1.29 is 14.6 Å². The summed E-state index contributed by atoms with van der Waals surface area (Å²) in [6.07, 6.45) is 1.47. The molecule has 4 aromatic rings. The third kappa shape index (κ3) is 4.45. The van der Waals surface area contributed by atoms with E-state index >= 15 is 0 Å². The van der Waals surface area contributed by atoms with Crippen molar-refractivity contribution >= 4 is 40.3 Å². The zero-order valence-electron chi connectivity index (χ0n) is 19.1. The van der Waals surface area contributed by atoms with Crippen LogP contribution in [0.2, 0.25) is 10.0 Å². The van der Waals surface area contributed by atoms with Gasteiger partial charge >= 0.3 is 11.7 Å². The van der Waals surface area contributed by atoms with Gasteiger partial charge in [-0.15, -0.1) is 0 Å². The first-order valence-corrected chi connectivity index (χ1v) is 12.2. The number of imidazole rings is 1. The number of aromatic nitrogens is 4. The number of carboxylic acids is 1. The first-order chi connectivity index (χ1) is 17.3. The van der Waals surface area contributed by atoms with E-state index in [1.54, 1.807) is 53.1 Å². The molecule has 0 amide bonds. The molecule has 186 valence electrons. The van der Waals surface area contributed by atoms with E-state index in [0.29, 0.717) is 40.3 Å². The lowest BCUT2D eigenvalue weighted by Gasteiger charge is -2.23. The quantitative estimate of drug-likeness (QED) is 0.407. The lowest BCUT2D eigenvalue weighted by atomic mass is 10.0. The topological polar surface area (TPSA) is 108 Å². The first kappa shape index (κ1) is 24.3. The normalized spacial score (nSPS) is 14.4. The SMILES string of the molecule is O=C(O)Cn1c(=O)c2c(nc(-c3ccccc3Cl)n2-c2ccc(Cl)cc2)n(CC2CCOCC2)c1=O. The summed E-state index contributed by atoms with van der Waals surface area (Å²) in [5, 5.41) is 10.4. The van der Waals surface area contributed by atoms with Crippen LogP contribution in [-0.4, -0.2) is 43.0 Å². The smallest absolute Gasteiger partial charge is 0.333 e. The van der Waals surface area contributed by atoms with Crippen LogP contribution < -0.4 is 11.2 Å². The molecule has 0 spiro atoms. The highest BCUT2D eigenvalue weighted by Gasteiger charge is 2.26. The number of carbonyl (C=O) groups is 1. The zero-order chi connectivity index (χ0) is 25.4. The number of hydrogen-bond acceptors (Lipinski definition) is 5. The standard InChI is InChI=1S/C25H22Cl2N4O5/c26-16-5-7-17(8-6-16)31-21-23(28-22(31)18-3-1-2-4-19(18)27)29(13-15-9-11-36-12-10-15)25(35)30(24(21)34)14-20(32)33/h1-8,15H,9-14H2,(H,32,33). The molecule has 1 aliphatic heterocycles. The molecule has 1 saturated heterocycles. The Morgan fingerprint density at radius 1 is 1.03 bits per heavy atom. The van der Waals surface area contributed by atoms with Gasteiger partial charge in [-0.2, -0.15) is 0 Å². The van der Waals surface area contributed by atoms with Crippen molar-refractivity contribution in [3.63, 3.8) is 0 Å². The van der Waals surface area contributed by atoms with Crippen molar-refractivity contribution in [1.29, 1.82) is 0 Å². The largest absolute Gasteiger partial charge is 0.480 e. The van der Waals surface area contributed by atoms with E-state index in [0.717, 1.165) is 17.4 Å². The Bertz CT molecular complexity index is 1570. The number of halogens is 2. The van der Waals surface area contributed by atoms with E-state index < -0.39 is 23.8 Å². The van der Waals surface area contributed by atoms with Crippen molar-refractivity contribution in [2.24, 2.45) is 5.92 Å². The molecular weight excluding hydrogens is 507 g/mol. The Kier molecular flexibility index (Phi) is 6.70. The predicted octanol–water partition coefficient (Wildman–Crippen LogP) is 3.83. The molecule has 9 nitrogen and oxygen atoms in total. The Morgan fingerprint density at radius 3 is 2.39 bits per heavy atom. The molecule has 1 aliphatic rings. The molecule has 11 heteroatoms. The van der Waals surface area contributed by atoms with Crippen LogP contribution in [0.1, 0.15) is 12.8 Å². The summed E-state index contributed by atoms with van der Waals surface area (Å²) >= 11 is 12.6. The molecule has 0 bridgehead atoms. The van der Waals surface area contributed by atoms with Crippen LogP contribution in [0.3, 0.4) is 0 Å². The van der Waals surface area contributed by atoms with Gasteiger partial charge in [-0.3, -0.25) is 18.7 Å². The minimum atomic E-state index is -1.30. The highest BCUT2D eigenvalue weighted by Crippen LogP contribution is 2.32. The van der Waals surface area contributed by atoms with Gasteiger partial charge in [-0.1, -0.05) is 35.3 Å². The Morgan fingerprint density at radius 2 is 1.72 bits per heavy atom. The lowest BCUT2D eigenvalue weighted by molar-refractivity contribution is -0.137. The van der Waals surface area contributed by atoms with Crippen molar-refractivity contribution in [2.75, 3.05) is 13.2 Å². The van der Waals surface area contributed by atoms with Crippen LogP contribution >= 0.6 is 23.2 Å². The second kappa shape index (κ2) is 9.93. The number of hydrogen-bond donors (Lipinski definition) is 1. The molecule has 0 saturated carbocycles. The molecule has 5 rings (SSSR count). The second-order valence-electron chi connectivity index (χ2n) is 8.63. The third-order valence-electron chi connectivity index (χ3n) is 6.30. The van der Waals surface area contributed by atoms with E-state index in [-0.39, 0.29) is 23.6 Å². The molecule has 3 heterocycles. The van der Waals surface area contributed by atoms with E-state index in [1.807, 2.05) is 0 Å². The zero-order valence-corrected chi connectivity index (χ0v) is 20.6. The molecule has 36 heavy (non-hydrogen) atoms. The van der Waals surface area contributed by atoms with Crippen LogP contribution in [-0.2, 0) is 22.6 Å². The maximum absolute atomic E-state index is 13.7. The minimum Gasteiger partial charge on any atom is -0.480 e. The third-order valence-corrected chi connectivity index (χ3v) is 6.88. The summed E-state index contributed by atoms with van der Waals surface area (Å²) in [6, 6.07) is 13.8. The maximum Gasteiger partial charge on any atom is 0.333 e. The number of fused-ring (bicyclic) bond motifs is 1. The van der Waals surface area contributed by atoms with Gasteiger partial charge in [0.05, 0.1) is 5.02 Å². The highest BCUT2D eigenvalue weighted by atomic mass is 35.5. The molecule has 2 aromatic heterocycles. The Balaban J connectivity index is 1.88. The van der Waals surface area contributed by atoms with Gasteiger partial charge in [0.15, 0.2) is 11.2 Å². The highest BCUT2D eigenvalue weighted by molar-refractivity contribution is 6.33. The van der Waals surface area contributed by atoms with Crippen LogP contribution in [0.25, 0.3) is 28.2 Å². The Labute approximate surface area is 215 Å². The fourth-order valence-electron chi connectivity index (χ4n) is 4.53. The molecule has 1 fully saturated rings. The van der Waals surface area contributed by atoms with Gasteiger partial charge < -0.3 is 9.84 Å². The van der Waals surface area contributed by atoms with E-state index in [9.17, 15) is 19.5 Å². The van der Waals surface area contributed by atoms with Gasteiger partial charge in [0.1, 0.15) is 12.4 Å². The van der Waals surface area contributed by atoms with Crippen molar-refractivity contribution in [1.82, 2.24) is 18.7 Å². The summed E-state index contributed by atoms with van der Waals surface area (Å²) in [6.45, 7) is 0.648. The monoisotopic (exact) mass is 528 g/mol. The predicted molar refractivity (Wildman–Crippen MR) is 136 cm³/mol. The molecule has 2 aromatic carbocycles. The summed E-state index contributed by atoms with van der Waals surface area (Å²) in [5.74, 6) is -0.835. The number of rotatable bonds is 6. The van der Waals surface area contributed by atoms with Gasteiger partial charge in [0.2, 0.25) is 0 Å². The molecule has 0 atom stereocenters. The molecule has 0 unspecified atom stereocenters. The second-order valence-corrected chi connectivity index (χ2v) is 9.48. The van der Waals surface area contributed by atoms with Crippen molar-refractivity contribution in [3.8, 4) is 17.1 Å². The maximum atomic E-state index is 13.7. The van der Waals surface area contributed by atoms with Crippen LogP contribution in [0.4, 0.5) is 0 Å². The van der Waals surface area contributed by atoms with Gasteiger partial charge in [-0.05, 0) is 55.2 Å². The minimum absolute atomic E-state index is 0.0835. The molecule has 1 N–H and O–H groups in total. The average molecular weight is 529 g/mol. The first-order valence-electron chi connectivity index (χ1n) is 11.4. The number of ether oxygens (including phenoxy) is 1. The average Bonchev–Trinajstić information content (AvgIpc) is 3.26. The van der Waals surface area contributed by atoms with Crippen molar-refractivity contribution in [2.45, 2.75) is 25.9 Å². The van der Waals surface area contributed by atoms with Gasteiger partial charge in [0, 0.05) is 36.0 Å². The lowest BCUT2D eigenvalue weighted by Crippen LogP contribution is -2.43. The fourth-order valence-corrected chi connectivity index (χ4v) is 4.88. The molecule has 0 radical (unpaired) electrons. The fraction of sp³-hybridized carbons (Fsp3) is 0.280.